The average Bonchev–Trinajstić information content (AvgIpc) is 3.16. The van der Waals surface area contributed by atoms with E-state index in [9.17, 15) is 4.79 Å². The van der Waals surface area contributed by atoms with E-state index < -0.39 is 0 Å². The highest BCUT2D eigenvalue weighted by Crippen LogP contribution is 2.23. The number of hydrogen-bond acceptors (Lipinski definition) is 5. The first kappa shape index (κ1) is 15.6. The molecule has 1 aliphatic heterocycles. The van der Waals surface area contributed by atoms with Crippen molar-refractivity contribution in [2.45, 2.75) is 19.4 Å². The van der Waals surface area contributed by atoms with Gasteiger partial charge in [0.05, 0.1) is 12.1 Å². The quantitative estimate of drug-likeness (QED) is 0.784. The maximum Gasteiger partial charge on any atom is 0.225 e. The van der Waals surface area contributed by atoms with Gasteiger partial charge >= 0.3 is 0 Å². The number of fused-ring (bicyclic) bond motifs is 1. The first-order valence-electron chi connectivity index (χ1n) is 8.51. The van der Waals surface area contributed by atoms with Crippen molar-refractivity contribution in [2.24, 2.45) is 5.92 Å². The fraction of sp³-hybridized carbons (Fsp3) is 0.333. The molecule has 3 aromatic rings. The number of rotatable bonds is 4. The van der Waals surface area contributed by atoms with E-state index in [1.807, 2.05) is 28.8 Å². The second-order valence-electron chi connectivity index (χ2n) is 6.27. The van der Waals surface area contributed by atoms with Crippen LogP contribution in [0.5, 0.6) is 0 Å². The van der Waals surface area contributed by atoms with E-state index in [4.69, 9.17) is 0 Å². The summed E-state index contributed by atoms with van der Waals surface area (Å²) >= 11 is 0. The smallest absolute Gasteiger partial charge is 0.225 e. The lowest BCUT2D eigenvalue weighted by Crippen LogP contribution is -2.43. The minimum atomic E-state index is -0.0239. The maximum absolute atomic E-state index is 12.6. The van der Waals surface area contributed by atoms with Crippen molar-refractivity contribution in [3.8, 4) is 0 Å². The highest BCUT2D eigenvalue weighted by Gasteiger charge is 2.27. The van der Waals surface area contributed by atoms with Crippen LogP contribution in [-0.2, 0) is 11.3 Å². The number of nitrogens with zero attached hydrogens (tertiary/aromatic N) is 5. The van der Waals surface area contributed by atoms with Crippen molar-refractivity contribution in [3.05, 3.63) is 54.6 Å². The van der Waals surface area contributed by atoms with Gasteiger partial charge < -0.3 is 10.2 Å². The third-order valence-corrected chi connectivity index (χ3v) is 4.58. The molecule has 0 saturated carbocycles. The lowest BCUT2D eigenvalue weighted by Gasteiger charge is -2.33. The second kappa shape index (κ2) is 6.88. The average molecular weight is 336 g/mol. The van der Waals surface area contributed by atoms with Crippen molar-refractivity contribution >= 4 is 17.4 Å². The summed E-state index contributed by atoms with van der Waals surface area (Å²) in [6.45, 7) is 2.13. The van der Waals surface area contributed by atoms with Gasteiger partial charge in [-0.1, -0.05) is 6.07 Å². The molecule has 1 N–H and O–H groups in total. The van der Waals surface area contributed by atoms with Gasteiger partial charge in [0, 0.05) is 44.3 Å². The minimum absolute atomic E-state index is 0.0239. The third-order valence-electron chi connectivity index (χ3n) is 4.58. The van der Waals surface area contributed by atoms with Gasteiger partial charge in [0.1, 0.15) is 5.82 Å². The highest BCUT2D eigenvalue weighted by molar-refractivity contribution is 5.79. The fourth-order valence-electron chi connectivity index (χ4n) is 3.30. The van der Waals surface area contributed by atoms with Crippen molar-refractivity contribution in [1.82, 2.24) is 24.9 Å². The molecule has 7 heteroatoms. The molecule has 4 heterocycles. The Bertz CT molecular complexity index is 862. The SMILES string of the molecule is O=C(NCc1cccnc1)C1CCCN(c2ccnc3ccnn23)C1. The zero-order chi connectivity index (χ0) is 17.1. The molecule has 7 nitrogen and oxygen atoms in total. The molecular formula is C18H20N6O. The molecule has 1 unspecified atom stereocenters. The summed E-state index contributed by atoms with van der Waals surface area (Å²) in [6, 6.07) is 7.68. The molecular weight excluding hydrogens is 316 g/mol. The summed E-state index contributed by atoms with van der Waals surface area (Å²) in [6.07, 6.45) is 8.93. The number of nitrogens with one attached hydrogen (secondary N) is 1. The number of piperidine rings is 1. The van der Waals surface area contributed by atoms with Gasteiger partial charge in [0.2, 0.25) is 5.91 Å². The van der Waals surface area contributed by atoms with E-state index in [2.05, 4.69) is 25.3 Å². The fourth-order valence-corrected chi connectivity index (χ4v) is 3.30. The molecule has 0 aliphatic carbocycles. The molecule has 0 radical (unpaired) electrons. The second-order valence-corrected chi connectivity index (χ2v) is 6.27. The molecule has 0 spiro atoms. The summed E-state index contributed by atoms with van der Waals surface area (Å²) < 4.78 is 1.83. The Kier molecular flexibility index (Phi) is 4.28. The monoisotopic (exact) mass is 336 g/mol. The molecule has 128 valence electrons. The number of hydrogen-bond donors (Lipinski definition) is 1. The third kappa shape index (κ3) is 3.31. The van der Waals surface area contributed by atoms with E-state index in [1.54, 1.807) is 24.8 Å². The molecule has 1 saturated heterocycles. The summed E-state index contributed by atoms with van der Waals surface area (Å²) in [4.78, 5) is 23.2. The van der Waals surface area contributed by atoms with Crippen molar-refractivity contribution in [3.63, 3.8) is 0 Å². The molecule has 1 aliphatic rings. The normalized spacial score (nSPS) is 17.6. The largest absolute Gasteiger partial charge is 0.356 e. The van der Waals surface area contributed by atoms with Gasteiger partial charge in [-0.05, 0) is 30.5 Å². The molecule has 4 rings (SSSR count). The van der Waals surface area contributed by atoms with Crippen LogP contribution in [0.3, 0.4) is 0 Å². The Morgan fingerprint density at radius 1 is 1.24 bits per heavy atom. The Morgan fingerprint density at radius 3 is 3.08 bits per heavy atom. The van der Waals surface area contributed by atoms with Gasteiger partial charge in [-0.15, -0.1) is 0 Å². The van der Waals surface area contributed by atoms with Crippen molar-refractivity contribution in [2.75, 3.05) is 18.0 Å². The van der Waals surface area contributed by atoms with Gasteiger partial charge in [0.15, 0.2) is 5.65 Å². The predicted molar refractivity (Wildman–Crippen MR) is 94.0 cm³/mol. The van der Waals surface area contributed by atoms with E-state index in [1.165, 1.54) is 0 Å². The van der Waals surface area contributed by atoms with Crippen LogP contribution in [-0.4, -0.2) is 38.6 Å². The van der Waals surface area contributed by atoms with Crippen LogP contribution in [0.4, 0.5) is 5.82 Å². The molecule has 0 aromatic carbocycles. The van der Waals surface area contributed by atoms with Crippen molar-refractivity contribution in [1.29, 1.82) is 0 Å². The molecule has 3 aromatic heterocycles. The van der Waals surface area contributed by atoms with Crippen LogP contribution in [0.1, 0.15) is 18.4 Å². The number of pyridine rings is 1. The van der Waals surface area contributed by atoms with Gasteiger partial charge in [-0.3, -0.25) is 9.78 Å². The molecule has 1 fully saturated rings. The van der Waals surface area contributed by atoms with Crippen LogP contribution < -0.4 is 10.2 Å². The zero-order valence-corrected chi connectivity index (χ0v) is 13.9. The number of aromatic nitrogens is 4. The maximum atomic E-state index is 12.6. The Balaban J connectivity index is 1.44. The van der Waals surface area contributed by atoms with E-state index >= 15 is 0 Å². The lowest BCUT2D eigenvalue weighted by molar-refractivity contribution is -0.125. The summed E-state index contributed by atoms with van der Waals surface area (Å²) in [5.41, 5.74) is 1.83. The Labute approximate surface area is 145 Å². The first-order valence-corrected chi connectivity index (χ1v) is 8.51. The van der Waals surface area contributed by atoms with Crippen LogP contribution >= 0.6 is 0 Å². The van der Waals surface area contributed by atoms with Crippen LogP contribution in [0.2, 0.25) is 0 Å². The number of anilines is 1. The molecule has 1 amide bonds. The van der Waals surface area contributed by atoms with E-state index in [-0.39, 0.29) is 11.8 Å². The van der Waals surface area contributed by atoms with Crippen LogP contribution in [0.15, 0.2) is 49.1 Å². The Morgan fingerprint density at radius 2 is 2.20 bits per heavy atom. The van der Waals surface area contributed by atoms with Crippen LogP contribution in [0, 0.1) is 5.92 Å². The number of amides is 1. The summed E-state index contributed by atoms with van der Waals surface area (Å²) in [5, 5.41) is 7.38. The lowest BCUT2D eigenvalue weighted by atomic mass is 9.97. The summed E-state index contributed by atoms with van der Waals surface area (Å²) in [5.74, 6) is 1.06. The van der Waals surface area contributed by atoms with Gasteiger partial charge in [-0.25, -0.2) is 4.98 Å². The minimum Gasteiger partial charge on any atom is -0.356 e. The highest BCUT2D eigenvalue weighted by atomic mass is 16.1. The van der Waals surface area contributed by atoms with Crippen molar-refractivity contribution < 1.29 is 4.79 Å². The van der Waals surface area contributed by atoms with Gasteiger partial charge in [0.25, 0.3) is 0 Å². The molecule has 25 heavy (non-hydrogen) atoms. The topological polar surface area (TPSA) is 75.4 Å². The number of carbonyl (C=O) groups excluding carboxylic acids is 1. The predicted octanol–water partition coefficient (Wildman–Crippen LogP) is 1.66. The zero-order valence-electron chi connectivity index (χ0n) is 13.9. The first-order chi connectivity index (χ1) is 12.3. The molecule has 1 atom stereocenters. The van der Waals surface area contributed by atoms with E-state index in [0.717, 1.165) is 36.4 Å². The van der Waals surface area contributed by atoms with E-state index in [0.29, 0.717) is 13.1 Å². The standard InChI is InChI=1S/C18H20N6O/c25-18(21-12-14-3-1-7-19-11-14)15-4-2-10-23(13-15)17-6-8-20-16-5-9-22-24(16)17/h1,3,5-9,11,15H,2,4,10,12-13H2,(H,21,25). The molecule has 0 bridgehead atoms. The summed E-state index contributed by atoms with van der Waals surface area (Å²) in [7, 11) is 0. The van der Waals surface area contributed by atoms with Crippen LogP contribution in [0.25, 0.3) is 5.65 Å². The Hall–Kier alpha value is -2.96. The van der Waals surface area contributed by atoms with Gasteiger partial charge in [-0.2, -0.15) is 9.61 Å². The number of carbonyl (C=O) groups is 1.